The Morgan fingerprint density at radius 1 is 1.83 bits per heavy atom. The Kier molecular flexibility index (Phi) is 3.17. The van der Waals surface area contributed by atoms with Crippen LogP contribution in [0.2, 0.25) is 0 Å². The van der Waals surface area contributed by atoms with Gasteiger partial charge >= 0.3 is 0 Å². The number of hydrogen-bond donors (Lipinski definition) is 0. The first-order valence-electron chi connectivity index (χ1n) is 1.59. The van der Waals surface area contributed by atoms with E-state index in [2.05, 4.69) is 4.40 Å². The van der Waals surface area contributed by atoms with Crippen molar-refractivity contribution in [1.82, 2.24) is 0 Å². The van der Waals surface area contributed by atoms with Crippen molar-refractivity contribution in [1.29, 1.82) is 0 Å². The minimum atomic E-state index is -0.996. The van der Waals surface area contributed by atoms with Crippen molar-refractivity contribution in [2.45, 2.75) is 6.92 Å². The van der Waals surface area contributed by atoms with Crippen molar-refractivity contribution in [3.8, 4) is 0 Å². The van der Waals surface area contributed by atoms with Gasteiger partial charge in [-0.25, -0.2) is 0 Å². The topological polar surface area (TPSA) is 35.4 Å². The lowest BCUT2D eigenvalue weighted by atomic mass is 10.9. The van der Waals surface area contributed by atoms with E-state index in [9.17, 15) is 4.55 Å². The SMILES string of the molecule is C/C=N/[S+](C)[O-]. The van der Waals surface area contributed by atoms with Crippen LogP contribution in [0.5, 0.6) is 0 Å². The second kappa shape index (κ2) is 3.18. The molecule has 0 radical (unpaired) electrons. The summed E-state index contributed by atoms with van der Waals surface area (Å²) in [4.78, 5) is 0. The molecule has 1 unspecified atom stereocenters. The van der Waals surface area contributed by atoms with Crippen molar-refractivity contribution < 1.29 is 4.55 Å². The zero-order chi connectivity index (χ0) is 4.99. The summed E-state index contributed by atoms with van der Waals surface area (Å²) in [5.41, 5.74) is 0. The third-order valence-electron chi connectivity index (χ3n) is 0.254. The Morgan fingerprint density at radius 3 is 2.33 bits per heavy atom. The lowest BCUT2D eigenvalue weighted by molar-refractivity contribution is 0.603. The maximum atomic E-state index is 9.96. The minimum Gasteiger partial charge on any atom is -0.592 e. The monoisotopic (exact) mass is 105 g/mol. The van der Waals surface area contributed by atoms with E-state index < -0.39 is 11.4 Å². The van der Waals surface area contributed by atoms with Crippen molar-refractivity contribution >= 4 is 17.6 Å². The summed E-state index contributed by atoms with van der Waals surface area (Å²) < 4.78 is 13.4. The van der Waals surface area contributed by atoms with Crippen LogP contribution in [0.15, 0.2) is 4.40 Å². The first-order valence-corrected chi connectivity index (χ1v) is 3.11. The van der Waals surface area contributed by atoms with E-state index >= 15 is 0 Å². The summed E-state index contributed by atoms with van der Waals surface area (Å²) in [6, 6.07) is 0. The van der Waals surface area contributed by atoms with Gasteiger partial charge in [-0.15, -0.1) is 0 Å². The predicted molar refractivity (Wildman–Crippen MR) is 28.2 cm³/mol. The number of rotatable bonds is 1. The van der Waals surface area contributed by atoms with E-state index in [1.165, 1.54) is 12.5 Å². The molecule has 0 rings (SSSR count). The van der Waals surface area contributed by atoms with E-state index in [-0.39, 0.29) is 0 Å². The van der Waals surface area contributed by atoms with Crippen LogP contribution in [-0.2, 0) is 11.4 Å². The Labute approximate surface area is 40.6 Å². The third kappa shape index (κ3) is 3.98. The number of hydrogen-bond acceptors (Lipinski definition) is 2. The van der Waals surface area contributed by atoms with Gasteiger partial charge in [0, 0.05) is 0 Å². The highest BCUT2D eigenvalue weighted by Gasteiger charge is 1.80. The molecule has 0 aromatic carbocycles. The molecule has 0 aromatic rings. The van der Waals surface area contributed by atoms with Gasteiger partial charge in [-0.1, -0.05) is 4.40 Å². The van der Waals surface area contributed by atoms with Gasteiger partial charge in [-0.3, -0.25) is 0 Å². The molecule has 6 heavy (non-hydrogen) atoms. The Balaban J connectivity index is 3.03. The zero-order valence-electron chi connectivity index (χ0n) is 3.84. The minimum absolute atomic E-state index is 0.996. The first kappa shape index (κ1) is 5.98. The van der Waals surface area contributed by atoms with Crippen LogP contribution >= 0.6 is 0 Å². The highest BCUT2D eigenvalue weighted by molar-refractivity contribution is 7.89. The van der Waals surface area contributed by atoms with Crippen molar-refractivity contribution in [3.63, 3.8) is 0 Å². The van der Waals surface area contributed by atoms with Gasteiger partial charge in [-0.05, 0) is 6.92 Å². The molecular weight excluding hydrogens is 98.1 g/mol. The highest BCUT2D eigenvalue weighted by Crippen LogP contribution is 1.78. The smallest absolute Gasteiger partial charge is 0.123 e. The largest absolute Gasteiger partial charge is 0.592 e. The predicted octanol–water partition coefficient (Wildman–Crippen LogP) is 0.371. The fourth-order valence-electron chi connectivity index (χ4n) is 0.148. The van der Waals surface area contributed by atoms with Crippen LogP contribution in [0.25, 0.3) is 0 Å². The second-order valence-electron chi connectivity index (χ2n) is 0.787. The fourth-order valence-corrected chi connectivity index (χ4v) is 0.445. The maximum absolute atomic E-state index is 9.96. The summed E-state index contributed by atoms with van der Waals surface area (Å²) in [5, 5.41) is 0. The van der Waals surface area contributed by atoms with Crippen LogP contribution in [0, 0.1) is 0 Å². The molecule has 0 aromatic heterocycles. The Morgan fingerprint density at radius 2 is 2.33 bits per heavy atom. The second-order valence-corrected chi connectivity index (χ2v) is 1.85. The van der Waals surface area contributed by atoms with Crippen molar-refractivity contribution in [2.75, 3.05) is 6.26 Å². The van der Waals surface area contributed by atoms with Crippen LogP contribution in [0.3, 0.4) is 0 Å². The van der Waals surface area contributed by atoms with Gasteiger partial charge in [0.25, 0.3) is 0 Å². The summed E-state index contributed by atoms with van der Waals surface area (Å²) in [6.07, 6.45) is 3.05. The van der Waals surface area contributed by atoms with Gasteiger partial charge in [0.2, 0.25) is 0 Å². The molecule has 0 fully saturated rings. The molecule has 0 heterocycles. The van der Waals surface area contributed by atoms with Gasteiger partial charge < -0.3 is 4.55 Å². The molecule has 0 aliphatic heterocycles. The molecule has 0 N–H and O–H groups in total. The van der Waals surface area contributed by atoms with Gasteiger partial charge in [-0.2, -0.15) is 0 Å². The normalized spacial score (nSPS) is 15.8. The van der Waals surface area contributed by atoms with Crippen molar-refractivity contribution in [3.05, 3.63) is 0 Å². The summed E-state index contributed by atoms with van der Waals surface area (Å²) in [6.45, 7) is 1.74. The van der Waals surface area contributed by atoms with Gasteiger partial charge in [0.05, 0.1) is 17.6 Å². The first-order chi connectivity index (χ1) is 2.77. The summed E-state index contributed by atoms with van der Waals surface area (Å²) >= 11 is -0.996. The van der Waals surface area contributed by atoms with Crippen LogP contribution < -0.4 is 0 Å². The van der Waals surface area contributed by atoms with E-state index in [1.807, 2.05) is 0 Å². The van der Waals surface area contributed by atoms with Crippen LogP contribution in [-0.4, -0.2) is 17.0 Å². The zero-order valence-corrected chi connectivity index (χ0v) is 4.66. The third-order valence-corrected chi connectivity index (χ3v) is 0.762. The maximum Gasteiger partial charge on any atom is 0.123 e. The van der Waals surface area contributed by atoms with Crippen LogP contribution in [0.1, 0.15) is 6.92 Å². The van der Waals surface area contributed by atoms with Crippen molar-refractivity contribution in [2.24, 2.45) is 4.40 Å². The molecule has 0 saturated carbocycles. The van der Waals surface area contributed by atoms with Crippen LogP contribution in [0.4, 0.5) is 0 Å². The molecule has 0 bridgehead atoms. The van der Waals surface area contributed by atoms with E-state index in [0.717, 1.165) is 0 Å². The molecule has 36 valence electrons. The lowest BCUT2D eigenvalue weighted by Crippen LogP contribution is -1.87. The lowest BCUT2D eigenvalue weighted by Gasteiger charge is -1.88. The molecular formula is C3H7NOS. The molecule has 3 heteroatoms. The van der Waals surface area contributed by atoms with E-state index in [4.69, 9.17) is 0 Å². The molecule has 2 nitrogen and oxygen atoms in total. The summed E-state index contributed by atoms with van der Waals surface area (Å²) in [7, 11) is 0. The molecule has 0 aliphatic carbocycles. The van der Waals surface area contributed by atoms with E-state index in [0.29, 0.717) is 0 Å². The quantitative estimate of drug-likeness (QED) is 0.350. The molecule has 0 amide bonds. The highest BCUT2D eigenvalue weighted by atomic mass is 32.2. The fraction of sp³-hybridized carbons (Fsp3) is 0.667. The molecule has 0 spiro atoms. The van der Waals surface area contributed by atoms with Gasteiger partial charge in [0.15, 0.2) is 0 Å². The average molecular weight is 105 g/mol. The van der Waals surface area contributed by atoms with Gasteiger partial charge in [0.1, 0.15) is 6.26 Å². The number of nitrogens with zero attached hydrogens (tertiary/aromatic N) is 1. The van der Waals surface area contributed by atoms with E-state index in [1.54, 1.807) is 6.92 Å². The summed E-state index contributed by atoms with van der Waals surface area (Å²) in [5.74, 6) is 0. The molecule has 0 aliphatic rings. The molecule has 1 atom stereocenters. The Hall–Kier alpha value is -0.0200. The Bertz CT molecular complexity index is 52.8. The average Bonchev–Trinajstić information content (AvgIpc) is 1.35. The standard InChI is InChI=1S/C3H7NOS/c1-3-4-6(2)5/h3H,1-2H3/b4-3+. The molecule has 0 saturated heterocycles.